The molecule has 0 saturated heterocycles. The number of benzene rings is 2. The van der Waals surface area contributed by atoms with Gasteiger partial charge in [-0.2, -0.15) is 5.26 Å². The number of nitrogens with two attached hydrogens (primary N) is 1. The van der Waals surface area contributed by atoms with Gasteiger partial charge in [-0.15, -0.1) is 0 Å². The lowest BCUT2D eigenvalue weighted by molar-refractivity contribution is 1.15. The van der Waals surface area contributed by atoms with Crippen molar-refractivity contribution in [2.75, 3.05) is 11.1 Å². The second-order valence-corrected chi connectivity index (χ2v) is 4.16. The highest BCUT2D eigenvalue weighted by molar-refractivity contribution is 5.61. The molecule has 0 aliphatic heterocycles. The number of nitrogens with zero attached hydrogens (tertiary/aromatic N) is 1. The van der Waals surface area contributed by atoms with Crippen LogP contribution in [0.5, 0.6) is 0 Å². The van der Waals surface area contributed by atoms with Crippen LogP contribution in [-0.4, -0.2) is 0 Å². The molecule has 2 aromatic rings. The minimum atomic E-state index is 0.616. The standard InChI is InChI=1S/C15H15N3/c1-11-5-4-8-15(13(11)9-16)18-10-12-6-2-3-7-14(12)17/h2-8,18H,10,17H2,1H3. The SMILES string of the molecule is Cc1cccc(NCc2ccccc2N)c1C#N. The van der Waals surface area contributed by atoms with E-state index in [9.17, 15) is 0 Å². The molecule has 18 heavy (non-hydrogen) atoms. The summed E-state index contributed by atoms with van der Waals surface area (Å²) in [5.74, 6) is 0. The Bertz CT molecular complexity index is 597. The monoisotopic (exact) mass is 237 g/mol. The second-order valence-electron chi connectivity index (χ2n) is 4.16. The van der Waals surface area contributed by atoms with Gasteiger partial charge in [0.05, 0.1) is 11.3 Å². The van der Waals surface area contributed by atoms with E-state index in [1.54, 1.807) is 0 Å². The zero-order valence-corrected chi connectivity index (χ0v) is 10.3. The summed E-state index contributed by atoms with van der Waals surface area (Å²) >= 11 is 0. The van der Waals surface area contributed by atoms with Crippen LogP contribution in [-0.2, 0) is 6.54 Å². The van der Waals surface area contributed by atoms with E-state index >= 15 is 0 Å². The lowest BCUT2D eigenvalue weighted by Gasteiger charge is -2.11. The van der Waals surface area contributed by atoms with Crippen LogP contribution in [0.1, 0.15) is 16.7 Å². The van der Waals surface area contributed by atoms with E-state index in [2.05, 4.69) is 11.4 Å². The highest BCUT2D eigenvalue weighted by atomic mass is 14.9. The van der Waals surface area contributed by atoms with Gasteiger partial charge in [0, 0.05) is 12.2 Å². The van der Waals surface area contributed by atoms with Gasteiger partial charge in [0.1, 0.15) is 6.07 Å². The van der Waals surface area contributed by atoms with E-state index in [0.29, 0.717) is 12.1 Å². The van der Waals surface area contributed by atoms with Crippen molar-refractivity contribution < 1.29 is 0 Å². The third-order valence-electron chi connectivity index (χ3n) is 2.91. The van der Waals surface area contributed by atoms with Gasteiger partial charge in [0.2, 0.25) is 0 Å². The molecule has 0 aliphatic carbocycles. The maximum absolute atomic E-state index is 9.14. The molecule has 0 aromatic heterocycles. The first-order valence-electron chi connectivity index (χ1n) is 5.79. The molecule has 3 heteroatoms. The van der Waals surface area contributed by atoms with Crippen molar-refractivity contribution in [2.24, 2.45) is 0 Å². The Balaban J connectivity index is 2.19. The number of nitrogens with one attached hydrogen (secondary N) is 1. The molecule has 0 aliphatic rings. The van der Waals surface area contributed by atoms with E-state index in [-0.39, 0.29) is 0 Å². The number of anilines is 2. The van der Waals surface area contributed by atoms with Crippen LogP contribution < -0.4 is 11.1 Å². The number of hydrogen-bond acceptors (Lipinski definition) is 3. The van der Waals surface area contributed by atoms with Crippen molar-refractivity contribution in [3.8, 4) is 6.07 Å². The fraction of sp³-hybridized carbons (Fsp3) is 0.133. The molecule has 0 bridgehead atoms. The van der Waals surface area contributed by atoms with Crippen LogP contribution in [0.3, 0.4) is 0 Å². The van der Waals surface area contributed by atoms with E-state index in [0.717, 1.165) is 22.5 Å². The molecule has 0 amide bonds. The summed E-state index contributed by atoms with van der Waals surface area (Å²) in [5, 5.41) is 12.4. The molecule has 90 valence electrons. The molecule has 2 rings (SSSR count). The van der Waals surface area contributed by atoms with Gasteiger partial charge in [-0.1, -0.05) is 30.3 Å². The van der Waals surface area contributed by atoms with Crippen LogP contribution in [0, 0.1) is 18.3 Å². The van der Waals surface area contributed by atoms with Crippen LogP contribution >= 0.6 is 0 Å². The molecule has 0 radical (unpaired) electrons. The molecule has 0 unspecified atom stereocenters. The first kappa shape index (κ1) is 12.0. The summed E-state index contributed by atoms with van der Waals surface area (Å²) in [6, 6.07) is 15.7. The van der Waals surface area contributed by atoms with Crippen molar-refractivity contribution in [1.29, 1.82) is 5.26 Å². The molecule has 0 heterocycles. The molecule has 0 fully saturated rings. The zero-order chi connectivity index (χ0) is 13.0. The molecule has 0 saturated carbocycles. The Kier molecular flexibility index (Phi) is 3.49. The van der Waals surface area contributed by atoms with Crippen LogP contribution in [0.15, 0.2) is 42.5 Å². The molecular weight excluding hydrogens is 222 g/mol. The van der Waals surface area contributed by atoms with Gasteiger partial charge in [-0.3, -0.25) is 0 Å². The second kappa shape index (κ2) is 5.24. The third-order valence-corrected chi connectivity index (χ3v) is 2.91. The number of nitriles is 1. The van der Waals surface area contributed by atoms with Gasteiger partial charge >= 0.3 is 0 Å². The number of para-hydroxylation sites is 1. The molecule has 2 aromatic carbocycles. The smallest absolute Gasteiger partial charge is 0.102 e. The van der Waals surface area contributed by atoms with Crippen LogP contribution in [0.4, 0.5) is 11.4 Å². The van der Waals surface area contributed by atoms with Crippen molar-refractivity contribution in [1.82, 2.24) is 0 Å². The first-order valence-corrected chi connectivity index (χ1v) is 5.79. The lowest BCUT2D eigenvalue weighted by Crippen LogP contribution is -2.04. The summed E-state index contributed by atoms with van der Waals surface area (Å²) < 4.78 is 0. The van der Waals surface area contributed by atoms with Gasteiger partial charge in [0.25, 0.3) is 0 Å². The van der Waals surface area contributed by atoms with E-state index in [1.807, 2.05) is 49.4 Å². The van der Waals surface area contributed by atoms with Crippen molar-refractivity contribution in [3.05, 3.63) is 59.2 Å². The summed E-state index contributed by atoms with van der Waals surface area (Å²) in [5.41, 5.74) is 10.2. The zero-order valence-electron chi connectivity index (χ0n) is 10.3. The average Bonchev–Trinajstić information content (AvgIpc) is 2.38. The van der Waals surface area contributed by atoms with E-state index < -0.39 is 0 Å². The van der Waals surface area contributed by atoms with Gasteiger partial charge in [0.15, 0.2) is 0 Å². The van der Waals surface area contributed by atoms with Crippen LogP contribution in [0.2, 0.25) is 0 Å². The van der Waals surface area contributed by atoms with Crippen LogP contribution in [0.25, 0.3) is 0 Å². The highest BCUT2D eigenvalue weighted by Gasteiger charge is 2.05. The summed E-state index contributed by atoms with van der Waals surface area (Å²) in [7, 11) is 0. The lowest BCUT2D eigenvalue weighted by atomic mass is 10.1. The Labute approximate surface area is 107 Å². The third kappa shape index (κ3) is 2.44. The summed E-state index contributed by atoms with van der Waals surface area (Å²) in [4.78, 5) is 0. The first-order chi connectivity index (χ1) is 8.72. The fourth-order valence-electron chi connectivity index (χ4n) is 1.85. The van der Waals surface area contributed by atoms with E-state index in [4.69, 9.17) is 11.0 Å². The van der Waals surface area contributed by atoms with Gasteiger partial charge < -0.3 is 11.1 Å². The van der Waals surface area contributed by atoms with Crippen molar-refractivity contribution in [2.45, 2.75) is 13.5 Å². The summed E-state index contributed by atoms with van der Waals surface area (Å²) in [6.07, 6.45) is 0. The maximum Gasteiger partial charge on any atom is 0.102 e. The highest BCUT2D eigenvalue weighted by Crippen LogP contribution is 2.20. The van der Waals surface area contributed by atoms with Crippen molar-refractivity contribution in [3.63, 3.8) is 0 Å². The predicted octanol–water partition coefficient (Wildman–Crippen LogP) is 3.06. The molecule has 0 atom stereocenters. The molecular formula is C15H15N3. The number of rotatable bonds is 3. The predicted molar refractivity (Wildman–Crippen MR) is 74.1 cm³/mol. The van der Waals surface area contributed by atoms with Gasteiger partial charge in [-0.05, 0) is 30.2 Å². The quantitative estimate of drug-likeness (QED) is 0.806. The number of hydrogen-bond donors (Lipinski definition) is 2. The largest absolute Gasteiger partial charge is 0.398 e. The normalized spacial score (nSPS) is 9.78. The minimum Gasteiger partial charge on any atom is -0.398 e. The van der Waals surface area contributed by atoms with Gasteiger partial charge in [-0.25, -0.2) is 0 Å². The Morgan fingerprint density at radius 2 is 1.94 bits per heavy atom. The molecule has 3 N–H and O–H groups in total. The molecule has 0 spiro atoms. The average molecular weight is 237 g/mol. The topological polar surface area (TPSA) is 61.8 Å². The number of nitrogen functional groups attached to an aromatic ring is 1. The Hall–Kier alpha value is -2.47. The Morgan fingerprint density at radius 3 is 2.67 bits per heavy atom. The maximum atomic E-state index is 9.14. The van der Waals surface area contributed by atoms with E-state index in [1.165, 1.54) is 0 Å². The summed E-state index contributed by atoms with van der Waals surface area (Å²) in [6.45, 7) is 2.55. The van der Waals surface area contributed by atoms with Crippen molar-refractivity contribution >= 4 is 11.4 Å². The minimum absolute atomic E-state index is 0.616. The fourth-order valence-corrected chi connectivity index (χ4v) is 1.85. The molecule has 3 nitrogen and oxygen atoms in total. The number of aryl methyl sites for hydroxylation is 1. The Morgan fingerprint density at radius 1 is 1.17 bits per heavy atom.